The van der Waals surface area contributed by atoms with Crippen molar-refractivity contribution in [1.82, 2.24) is 0 Å². The third kappa shape index (κ3) is 2.25. The van der Waals surface area contributed by atoms with E-state index < -0.39 is 0 Å². The average molecular weight is 233 g/mol. The molecule has 0 spiro atoms. The Morgan fingerprint density at radius 2 is 2.12 bits per heavy atom. The van der Waals surface area contributed by atoms with Gasteiger partial charge in [0.15, 0.2) is 0 Å². The fraction of sp³-hybridized carbons (Fsp3) is 0.182. The Hall–Kier alpha value is -1.75. The lowest BCUT2D eigenvalue weighted by Crippen LogP contribution is -2.23. The Morgan fingerprint density at radius 3 is 2.75 bits per heavy atom. The van der Waals surface area contributed by atoms with Crippen LogP contribution < -0.4 is 10.3 Å². The first-order chi connectivity index (χ1) is 7.66. The van der Waals surface area contributed by atoms with Crippen molar-refractivity contribution in [3.63, 3.8) is 0 Å². The molecule has 0 fully saturated rings. The number of rotatable bonds is 2. The van der Waals surface area contributed by atoms with Crippen LogP contribution in [-0.4, -0.2) is 0 Å². The van der Waals surface area contributed by atoms with E-state index in [1.165, 1.54) is 0 Å². The maximum atomic E-state index is 5.67. The van der Waals surface area contributed by atoms with Gasteiger partial charge in [0.25, 0.3) is 0 Å². The van der Waals surface area contributed by atoms with E-state index in [4.69, 9.17) is 5.73 Å². The van der Waals surface area contributed by atoms with Gasteiger partial charge in [0, 0.05) is 11.1 Å². The van der Waals surface area contributed by atoms with Crippen LogP contribution in [0.3, 0.4) is 0 Å². The zero-order chi connectivity index (χ0) is 11.5. The van der Waals surface area contributed by atoms with Crippen LogP contribution in [0.25, 0.3) is 0 Å². The van der Waals surface area contributed by atoms with E-state index in [0.29, 0.717) is 0 Å². The molecule has 0 aliphatic rings. The van der Waals surface area contributed by atoms with Crippen LogP contribution in [0, 0.1) is 6.92 Å². The van der Waals surface area contributed by atoms with Crippen molar-refractivity contribution in [3.05, 3.63) is 35.3 Å². The van der Waals surface area contributed by atoms with Crippen LogP contribution in [-0.2, 0) is 7.05 Å². The molecule has 0 atom stereocenters. The number of anilines is 1. The molecule has 0 amide bonds. The number of aromatic nitrogens is 1. The first-order valence-corrected chi connectivity index (χ1v) is 5.76. The molecule has 0 saturated carbocycles. The number of nitrogen functional groups attached to an aromatic ring is 1. The van der Waals surface area contributed by atoms with Crippen LogP contribution >= 0.6 is 11.3 Å². The summed E-state index contributed by atoms with van der Waals surface area (Å²) in [6.07, 6.45) is 1.95. The van der Waals surface area contributed by atoms with Gasteiger partial charge in [0.2, 0.25) is 0 Å². The Morgan fingerprint density at radius 1 is 1.31 bits per heavy atom. The maximum Gasteiger partial charge on any atom is 0.408 e. The van der Waals surface area contributed by atoms with Crippen molar-refractivity contribution >= 4 is 27.8 Å². The second-order valence-corrected chi connectivity index (χ2v) is 4.42. The highest BCUT2D eigenvalue weighted by Gasteiger charge is 2.07. The largest absolute Gasteiger partial charge is 0.408 e. The van der Waals surface area contributed by atoms with Crippen LogP contribution in [0.5, 0.6) is 0 Å². The van der Waals surface area contributed by atoms with Gasteiger partial charge in [-0.3, -0.25) is 0 Å². The average Bonchev–Trinajstić information content (AvgIpc) is 2.63. The van der Waals surface area contributed by atoms with E-state index in [2.05, 4.69) is 10.2 Å². The smallest absolute Gasteiger partial charge is 0.399 e. The highest BCUT2D eigenvalue weighted by atomic mass is 32.1. The predicted molar refractivity (Wildman–Crippen MR) is 65.3 cm³/mol. The van der Waals surface area contributed by atoms with Crippen molar-refractivity contribution in [1.29, 1.82) is 0 Å². The van der Waals surface area contributed by atoms with Gasteiger partial charge >= 0.3 is 5.13 Å². The second kappa shape index (κ2) is 4.40. The summed E-state index contributed by atoms with van der Waals surface area (Å²) in [4.78, 5) is 0. The molecule has 2 N–H and O–H groups in total. The van der Waals surface area contributed by atoms with E-state index in [9.17, 15) is 0 Å². The third-order valence-corrected chi connectivity index (χ3v) is 3.06. The van der Waals surface area contributed by atoms with E-state index in [-0.39, 0.29) is 0 Å². The van der Waals surface area contributed by atoms with Gasteiger partial charge in [-0.25, -0.2) is 4.57 Å². The lowest BCUT2D eigenvalue weighted by atomic mass is 10.2. The van der Waals surface area contributed by atoms with Crippen molar-refractivity contribution in [3.8, 4) is 0 Å². The molecule has 1 aromatic carbocycles. The summed E-state index contributed by atoms with van der Waals surface area (Å²) in [6.45, 7) is 1.97. The van der Waals surface area contributed by atoms with E-state index in [0.717, 1.165) is 22.1 Å². The van der Waals surface area contributed by atoms with Crippen molar-refractivity contribution in [2.75, 3.05) is 5.73 Å². The molecule has 0 unspecified atom stereocenters. The first-order valence-electron chi connectivity index (χ1n) is 4.88. The summed E-state index contributed by atoms with van der Waals surface area (Å²) in [6, 6.07) is 5.60. The standard InChI is InChI=1S/C11H12N4S/c1-8-7-9(12)3-4-10(8)13-14-11-15(2)5-6-16-11/h3-7,12H,1-2H3/p+1. The molecule has 2 aromatic rings. The molecule has 0 bridgehead atoms. The summed E-state index contributed by atoms with van der Waals surface area (Å²) in [7, 11) is 1.95. The summed E-state index contributed by atoms with van der Waals surface area (Å²) < 4.78 is 1.93. The molecule has 82 valence electrons. The van der Waals surface area contributed by atoms with Crippen molar-refractivity contribution in [2.24, 2.45) is 17.3 Å². The maximum absolute atomic E-state index is 5.67. The molecule has 1 heterocycles. The summed E-state index contributed by atoms with van der Waals surface area (Å²) in [5.74, 6) is 0. The highest BCUT2D eigenvalue weighted by molar-refractivity contribution is 7.12. The quantitative estimate of drug-likeness (QED) is 0.484. The number of azo groups is 1. The van der Waals surface area contributed by atoms with Crippen LogP contribution in [0.2, 0.25) is 0 Å². The molecule has 0 aliphatic carbocycles. The van der Waals surface area contributed by atoms with Crippen molar-refractivity contribution < 1.29 is 4.57 Å². The summed E-state index contributed by atoms with van der Waals surface area (Å²) in [5, 5.41) is 11.2. The zero-order valence-corrected chi connectivity index (χ0v) is 10.0. The van der Waals surface area contributed by atoms with Crippen LogP contribution in [0.15, 0.2) is 40.0 Å². The molecule has 4 nitrogen and oxygen atoms in total. The van der Waals surface area contributed by atoms with Crippen molar-refractivity contribution in [2.45, 2.75) is 6.92 Å². The number of hydrogen-bond donors (Lipinski definition) is 1. The minimum absolute atomic E-state index is 0.748. The number of thiazole rings is 1. The zero-order valence-electron chi connectivity index (χ0n) is 9.21. The summed E-state index contributed by atoms with van der Waals surface area (Å²) >= 11 is 1.56. The Bertz CT molecular complexity index is 531. The van der Waals surface area contributed by atoms with E-state index in [1.807, 2.05) is 48.3 Å². The van der Waals surface area contributed by atoms with Gasteiger partial charge in [-0.15, -0.1) is 0 Å². The molecular weight excluding hydrogens is 220 g/mol. The number of nitrogens with two attached hydrogens (primary N) is 1. The monoisotopic (exact) mass is 233 g/mol. The fourth-order valence-corrected chi connectivity index (χ4v) is 1.99. The van der Waals surface area contributed by atoms with Crippen LogP contribution in [0.1, 0.15) is 5.56 Å². The van der Waals surface area contributed by atoms with Gasteiger partial charge in [0.05, 0.1) is 12.2 Å². The minimum Gasteiger partial charge on any atom is -0.399 e. The minimum atomic E-state index is 0.748. The molecule has 0 aliphatic heterocycles. The van der Waals surface area contributed by atoms with E-state index >= 15 is 0 Å². The fourth-order valence-electron chi connectivity index (χ4n) is 1.31. The first kappa shape index (κ1) is 10.8. The molecule has 16 heavy (non-hydrogen) atoms. The van der Waals surface area contributed by atoms with Gasteiger partial charge in [-0.05, 0) is 47.1 Å². The molecule has 0 saturated heterocycles. The lowest BCUT2D eigenvalue weighted by Gasteiger charge is -1.96. The number of aryl methyl sites for hydroxylation is 2. The van der Waals surface area contributed by atoms with Crippen LogP contribution in [0.4, 0.5) is 16.5 Å². The molecule has 5 heteroatoms. The number of benzene rings is 1. The Balaban J connectivity index is 2.27. The Labute approximate surface area is 98.1 Å². The molecular formula is C11H13N4S+. The van der Waals surface area contributed by atoms with Gasteiger partial charge in [0.1, 0.15) is 11.9 Å². The third-order valence-electron chi connectivity index (χ3n) is 2.22. The Kier molecular flexibility index (Phi) is 2.96. The van der Waals surface area contributed by atoms with Gasteiger partial charge in [-0.1, -0.05) is 0 Å². The SMILES string of the molecule is Cc1cc(N)ccc1N=Nc1scc[n+]1C. The lowest BCUT2D eigenvalue weighted by molar-refractivity contribution is -0.654. The highest BCUT2D eigenvalue weighted by Crippen LogP contribution is 2.23. The number of hydrogen-bond acceptors (Lipinski definition) is 4. The topological polar surface area (TPSA) is 54.6 Å². The van der Waals surface area contributed by atoms with Gasteiger partial charge < -0.3 is 5.73 Å². The number of nitrogens with zero attached hydrogens (tertiary/aromatic N) is 3. The molecule has 1 aromatic heterocycles. The summed E-state index contributed by atoms with van der Waals surface area (Å²) in [5.41, 5.74) is 8.30. The van der Waals surface area contributed by atoms with Gasteiger partial charge in [-0.2, -0.15) is 0 Å². The molecule has 2 rings (SSSR count). The van der Waals surface area contributed by atoms with E-state index in [1.54, 1.807) is 11.3 Å². The molecule has 0 radical (unpaired) electrons. The predicted octanol–water partition coefficient (Wildman–Crippen LogP) is 2.88. The second-order valence-electron chi connectivity index (χ2n) is 3.54. The normalized spacial score (nSPS) is 11.1.